The summed E-state index contributed by atoms with van der Waals surface area (Å²) in [5.74, 6) is 0.703. The summed E-state index contributed by atoms with van der Waals surface area (Å²) in [4.78, 5) is 14.2. The molecule has 1 aromatic carbocycles. The molecular formula is C18H28N2O2. The van der Waals surface area contributed by atoms with E-state index in [1.807, 2.05) is 24.3 Å². The summed E-state index contributed by atoms with van der Waals surface area (Å²) in [5, 5.41) is 2.94. The minimum Gasteiger partial charge on any atom is -0.484 e. The fourth-order valence-electron chi connectivity index (χ4n) is 2.73. The number of nitrogens with zero attached hydrogens (tertiary/aromatic N) is 1. The molecular weight excluding hydrogens is 276 g/mol. The van der Waals surface area contributed by atoms with E-state index in [9.17, 15) is 4.79 Å². The molecule has 0 aliphatic carbocycles. The van der Waals surface area contributed by atoms with Crippen molar-refractivity contribution in [2.75, 3.05) is 32.8 Å². The van der Waals surface area contributed by atoms with Crippen LogP contribution in [0.4, 0.5) is 0 Å². The van der Waals surface area contributed by atoms with Crippen LogP contribution in [0, 0.1) is 0 Å². The van der Waals surface area contributed by atoms with Gasteiger partial charge in [0.1, 0.15) is 5.75 Å². The standard InChI is InChI=1S/C18H28N2O2/c1-2-16-7-9-17(10-8-16)22-15-18(21)19-11-14-20-12-5-3-4-6-13-20/h7-10H,2-6,11-15H2,1H3,(H,19,21). The molecule has 1 saturated heterocycles. The lowest BCUT2D eigenvalue weighted by Gasteiger charge is -2.19. The molecule has 4 nitrogen and oxygen atoms in total. The van der Waals surface area contributed by atoms with Crippen molar-refractivity contribution in [3.8, 4) is 5.75 Å². The van der Waals surface area contributed by atoms with Gasteiger partial charge in [0.15, 0.2) is 6.61 Å². The van der Waals surface area contributed by atoms with Crippen molar-refractivity contribution < 1.29 is 9.53 Å². The van der Waals surface area contributed by atoms with Gasteiger partial charge in [0.25, 0.3) is 5.91 Å². The highest BCUT2D eigenvalue weighted by Gasteiger charge is 2.09. The van der Waals surface area contributed by atoms with Gasteiger partial charge in [-0.25, -0.2) is 0 Å². The summed E-state index contributed by atoms with van der Waals surface area (Å²) in [6, 6.07) is 7.91. The first-order valence-corrected chi connectivity index (χ1v) is 8.48. The highest BCUT2D eigenvalue weighted by molar-refractivity contribution is 5.77. The fourth-order valence-corrected chi connectivity index (χ4v) is 2.73. The van der Waals surface area contributed by atoms with E-state index < -0.39 is 0 Å². The van der Waals surface area contributed by atoms with Crippen LogP contribution >= 0.6 is 0 Å². The van der Waals surface area contributed by atoms with E-state index in [1.54, 1.807) is 0 Å². The SMILES string of the molecule is CCc1ccc(OCC(=O)NCCN2CCCCCC2)cc1. The first kappa shape index (κ1) is 16.8. The van der Waals surface area contributed by atoms with Crippen LogP contribution in [0.25, 0.3) is 0 Å². The monoisotopic (exact) mass is 304 g/mol. The lowest BCUT2D eigenvalue weighted by Crippen LogP contribution is -2.37. The Hall–Kier alpha value is -1.55. The second-order valence-corrected chi connectivity index (χ2v) is 5.89. The van der Waals surface area contributed by atoms with Gasteiger partial charge in [0, 0.05) is 13.1 Å². The van der Waals surface area contributed by atoms with E-state index in [1.165, 1.54) is 31.2 Å². The average Bonchev–Trinajstić information content (AvgIpc) is 2.82. The van der Waals surface area contributed by atoms with Gasteiger partial charge in [-0.05, 0) is 50.0 Å². The van der Waals surface area contributed by atoms with Crippen molar-refractivity contribution in [2.45, 2.75) is 39.0 Å². The minimum atomic E-state index is -0.0469. The van der Waals surface area contributed by atoms with E-state index in [2.05, 4.69) is 17.1 Å². The van der Waals surface area contributed by atoms with Crippen molar-refractivity contribution in [1.82, 2.24) is 10.2 Å². The van der Waals surface area contributed by atoms with Crippen LogP contribution in [0.15, 0.2) is 24.3 Å². The Morgan fingerprint density at radius 1 is 1.14 bits per heavy atom. The number of carbonyl (C=O) groups is 1. The maximum absolute atomic E-state index is 11.8. The molecule has 1 aromatic rings. The summed E-state index contributed by atoms with van der Waals surface area (Å²) in [6.45, 7) is 6.18. The molecule has 0 atom stereocenters. The van der Waals surface area contributed by atoms with Gasteiger partial charge >= 0.3 is 0 Å². The molecule has 0 aromatic heterocycles. The number of hydrogen-bond acceptors (Lipinski definition) is 3. The van der Waals surface area contributed by atoms with Gasteiger partial charge in [-0.2, -0.15) is 0 Å². The van der Waals surface area contributed by atoms with Crippen LogP contribution in [-0.2, 0) is 11.2 Å². The van der Waals surface area contributed by atoms with Gasteiger partial charge in [-0.15, -0.1) is 0 Å². The number of benzene rings is 1. The van der Waals surface area contributed by atoms with Crippen LogP contribution in [0.2, 0.25) is 0 Å². The largest absolute Gasteiger partial charge is 0.484 e. The number of nitrogens with one attached hydrogen (secondary N) is 1. The number of aryl methyl sites for hydroxylation is 1. The molecule has 0 radical (unpaired) electrons. The zero-order chi connectivity index (χ0) is 15.6. The first-order valence-electron chi connectivity index (χ1n) is 8.48. The first-order chi connectivity index (χ1) is 10.8. The lowest BCUT2D eigenvalue weighted by molar-refractivity contribution is -0.123. The van der Waals surface area contributed by atoms with E-state index >= 15 is 0 Å². The number of carbonyl (C=O) groups excluding carboxylic acids is 1. The molecule has 0 saturated carbocycles. The minimum absolute atomic E-state index is 0.0469. The quantitative estimate of drug-likeness (QED) is 0.842. The predicted molar refractivity (Wildman–Crippen MR) is 89.2 cm³/mol. The number of ether oxygens (including phenoxy) is 1. The Labute approximate surface area is 133 Å². The Bertz CT molecular complexity index is 437. The summed E-state index contributed by atoms with van der Waals surface area (Å²) in [7, 11) is 0. The Balaban J connectivity index is 1.60. The van der Waals surface area contributed by atoms with E-state index in [0.29, 0.717) is 6.54 Å². The van der Waals surface area contributed by atoms with Gasteiger partial charge < -0.3 is 15.0 Å². The number of hydrogen-bond donors (Lipinski definition) is 1. The molecule has 1 aliphatic rings. The van der Waals surface area contributed by atoms with Crippen molar-refractivity contribution >= 4 is 5.91 Å². The summed E-state index contributed by atoms with van der Waals surface area (Å²) >= 11 is 0. The second kappa shape index (κ2) is 9.46. The van der Waals surface area contributed by atoms with Crippen molar-refractivity contribution in [1.29, 1.82) is 0 Å². The highest BCUT2D eigenvalue weighted by Crippen LogP contribution is 2.12. The van der Waals surface area contributed by atoms with E-state index in [-0.39, 0.29) is 12.5 Å². The second-order valence-electron chi connectivity index (χ2n) is 5.89. The highest BCUT2D eigenvalue weighted by atomic mass is 16.5. The number of likely N-dealkylation sites (tertiary alicyclic amines) is 1. The Kier molecular flexibility index (Phi) is 7.23. The third kappa shape index (κ3) is 6.06. The fraction of sp³-hybridized carbons (Fsp3) is 0.611. The van der Waals surface area contributed by atoms with E-state index in [4.69, 9.17) is 4.74 Å². The van der Waals surface area contributed by atoms with Gasteiger partial charge in [0.2, 0.25) is 0 Å². The van der Waals surface area contributed by atoms with Crippen LogP contribution in [0.1, 0.15) is 38.2 Å². The molecule has 0 spiro atoms. The predicted octanol–water partition coefficient (Wildman–Crippen LogP) is 2.62. The summed E-state index contributed by atoms with van der Waals surface area (Å²) in [5.41, 5.74) is 1.27. The van der Waals surface area contributed by atoms with Crippen molar-refractivity contribution in [3.63, 3.8) is 0 Å². The van der Waals surface area contributed by atoms with Crippen LogP contribution in [-0.4, -0.2) is 43.6 Å². The Morgan fingerprint density at radius 3 is 2.45 bits per heavy atom. The number of rotatable bonds is 7. The molecule has 0 bridgehead atoms. The molecule has 22 heavy (non-hydrogen) atoms. The normalized spacial score (nSPS) is 16.0. The Morgan fingerprint density at radius 2 is 1.82 bits per heavy atom. The molecule has 1 fully saturated rings. The zero-order valence-corrected chi connectivity index (χ0v) is 13.6. The number of amides is 1. The van der Waals surface area contributed by atoms with Crippen molar-refractivity contribution in [2.24, 2.45) is 0 Å². The molecule has 4 heteroatoms. The molecule has 1 heterocycles. The molecule has 1 N–H and O–H groups in total. The maximum Gasteiger partial charge on any atom is 0.257 e. The topological polar surface area (TPSA) is 41.6 Å². The van der Waals surface area contributed by atoms with E-state index in [0.717, 1.165) is 31.8 Å². The molecule has 122 valence electrons. The lowest BCUT2D eigenvalue weighted by atomic mass is 10.2. The smallest absolute Gasteiger partial charge is 0.257 e. The van der Waals surface area contributed by atoms with Gasteiger partial charge in [-0.1, -0.05) is 31.9 Å². The average molecular weight is 304 g/mol. The molecule has 2 rings (SSSR count). The molecule has 0 unspecified atom stereocenters. The summed E-state index contributed by atoms with van der Waals surface area (Å²) < 4.78 is 5.50. The van der Waals surface area contributed by atoms with Crippen LogP contribution in [0.5, 0.6) is 5.75 Å². The molecule has 1 aliphatic heterocycles. The van der Waals surface area contributed by atoms with Crippen molar-refractivity contribution in [3.05, 3.63) is 29.8 Å². The van der Waals surface area contributed by atoms with Crippen LogP contribution in [0.3, 0.4) is 0 Å². The van der Waals surface area contributed by atoms with Crippen LogP contribution < -0.4 is 10.1 Å². The summed E-state index contributed by atoms with van der Waals surface area (Å²) in [6.07, 6.45) is 6.26. The molecule has 1 amide bonds. The van der Waals surface area contributed by atoms with Gasteiger partial charge in [-0.3, -0.25) is 4.79 Å². The maximum atomic E-state index is 11.8. The third-order valence-corrected chi connectivity index (χ3v) is 4.15. The third-order valence-electron chi connectivity index (χ3n) is 4.15. The zero-order valence-electron chi connectivity index (χ0n) is 13.6. The van der Waals surface area contributed by atoms with Gasteiger partial charge in [0.05, 0.1) is 0 Å².